The van der Waals surface area contributed by atoms with Gasteiger partial charge in [-0.3, -0.25) is 9.59 Å². The number of benzene rings is 2. The van der Waals surface area contributed by atoms with E-state index in [1.165, 1.54) is 32.1 Å². The van der Waals surface area contributed by atoms with Gasteiger partial charge in [-0.25, -0.2) is 4.79 Å². The van der Waals surface area contributed by atoms with Gasteiger partial charge in [-0.2, -0.15) is 0 Å². The number of aromatic hydroxyl groups is 1. The molecule has 1 unspecified atom stereocenters. The summed E-state index contributed by atoms with van der Waals surface area (Å²) in [5.74, 6) is -0.0103. The van der Waals surface area contributed by atoms with Crippen LogP contribution < -0.4 is 31.6 Å². The van der Waals surface area contributed by atoms with Gasteiger partial charge in [0.05, 0.1) is 13.2 Å². The highest BCUT2D eigenvalue weighted by Gasteiger charge is 2.17. The number of phenolic OH excluding ortho intramolecular Hbond substituents is 1. The largest absolute Gasteiger partial charge is 0.508 e. The molecule has 0 spiro atoms. The van der Waals surface area contributed by atoms with E-state index in [1.54, 1.807) is 30.3 Å². The van der Waals surface area contributed by atoms with E-state index in [0.29, 0.717) is 24.6 Å². The van der Waals surface area contributed by atoms with Crippen molar-refractivity contribution in [2.24, 2.45) is 17.4 Å². The van der Waals surface area contributed by atoms with Crippen LogP contribution in [0.5, 0.6) is 17.2 Å². The zero-order valence-electron chi connectivity index (χ0n) is 26.1. The van der Waals surface area contributed by atoms with Crippen molar-refractivity contribution in [1.29, 1.82) is 0 Å². The minimum atomic E-state index is -0.863. The van der Waals surface area contributed by atoms with Crippen LogP contribution in [0.3, 0.4) is 0 Å². The quantitative estimate of drug-likeness (QED) is 0.0785. The second kappa shape index (κ2) is 21.8. The smallest absolute Gasteiger partial charge is 0.330 e. The van der Waals surface area contributed by atoms with Crippen molar-refractivity contribution in [3.63, 3.8) is 0 Å². The van der Waals surface area contributed by atoms with E-state index >= 15 is 0 Å². The molecule has 10 heteroatoms. The van der Waals surface area contributed by atoms with Gasteiger partial charge in [0.15, 0.2) is 11.5 Å². The standard InChI is InChI=1S/C29H39N3O6.C4H11N/c1-20(2)8-6-4-5-7-9-27(34)31-18-22-12-15-25(26(17-22)37-3)38-28(35)19-32-29(36)24(30)16-21-10-13-23(33)14-11-21;1-2-3-4-5/h6,8,10-15,17,20,24,33H,4-5,7,9,16,18-19,30H2,1-3H3,(H,31,34)(H,32,36);2-5H2,1H3/b8-6+;. The minimum absolute atomic E-state index is 0.0216. The monoisotopic (exact) mass is 598 g/mol. The van der Waals surface area contributed by atoms with Gasteiger partial charge in [-0.1, -0.05) is 57.5 Å². The molecular weight excluding hydrogens is 548 g/mol. The summed E-state index contributed by atoms with van der Waals surface area (Å²) in [6.07, 6.45) is 10.2. The Labute approximate surface area is 256 Å². The Bertz CT molecular complexity index is 1130. The summed E-state index contributed by atoms with van der Waals surface area (Å²) in [6.45, 7) is 7.20. The Morgan fingerprint density at radius 1 is 0.977 bits per heavy atom. The maximum Gasteiger partial charge on any atom is 0.330 e. The molecule has 0 saturated heterocycles. The van der Waals surface area contributed by atoms with E-state index in [-0.39, 0.29) is 30.4 Å². The number of nitrogens with two attached hydrogens (primary N) is 2. The van der Waals surface area contributed by atoms with Crippen molar-refractivity contribution in [3.05, 3.63) is 65.7 Å². The average Bonchev–Trinajstić information content (AvgIpc) is 2.98. The molecule has 0 saturated carbocycles. The third-order valence-electron chi connectivity index (χ3n) is 6.18. The van der Waals surface area contributed by atoms with E-state index in [9.17, 15) is 19.5 Å². The van der Waals surface area contributed by atoms with Crippen LogP contribution in [0, 0.1) is 5.92 Å². The maximum absolute atomic E-state index is 12.3. The summed E-state index contributed by atoms with van der Waals surface area (Å²) in [6, 6.07) is 10.5. The van der Waals surface area contributed by atoms with Crippen molar-refractivity contribution in [1.82, 2.24) is 10.6 Å². The number of carbonyl (C=O) groups is 3. The van der Waals surface area contributed by atoms with Crippen molar-refractivity contribution >= 4 is 17.8 Å². The lowest BCUT2D eigenvalue weighted by atomic mass is 10.1. The number of methoxy groups -OCH3 is 1. The van der Waals surface area contributed by atoms with Gasteiger partial charge in [-0.15, -0.1) is 0 Å². The van der Waals surface area contributed by atoms with Gasteiger partial charge in [-0.05, 0) is 80.0 Å². The fraction of sp³-hybridized carbons (Fsp3) is 0.485. The van der Waals surface area contributed by atoms with Gasteiger partial charge < -0.3 is 36.7 Å². The lowest BCUT2D eigenvalue weighted by molar-refractivity contribution is -0.135. The van der Waals surface area contributed by atoms with Gasteiger partial charge in [0.1, 0.15) is 12.3 Å². The molecule has 0 fully saturated rings. The number of phenols is 1. The first-order chi connectivity index (χ1) is 20.6. The molecular formula is C33H50N4O6. The van der Waals surface area contributed by atoms with Crippen molar-refractivity contribution in [2.75, 3.05) is 20.2 Å². The molecule has 2 aromatic carbocycles. The average molecular weight is 599 g/mol. The fourth-order valence-corrected chi connectivity index (χ4v) is 3.74. The molecule has 1 atom stereocenters. The molecule has 0 bridgehead atoms. The number of hydrogen-bond donors (Lipinski definition) is 5. The molecule has 2 amide bonds. The van der Waals surface area contributed by atoms with E-state index in [2.05, 4.69) is 43.6 Å². The summed E-state index contributed by atoms with van der Waals surface area (Å²) >= 11 is 0. The van der Waals surface area contributed by atoms with Crippen LogP contribution in [-0.4, -0.2) is 49.1 Å². The van der Waals surface area contributed by atoms with Gasteiger partial charge in [0.25, 0.3) is 0 Å². The summed E-state index contributed by atoms with van der Waals surface area (Å²) < 4.78 is 10.7. The number of esters is 1. The zero-order valence-corrected chi connectivity index (χ0v) is 26.1. The number of nitrogens with one attached hydrogen (secondary N) is 2. The van der Waals surface area contributed by atoms with Gasteiger partial charge >= 0.3 is 5.97 Å². The van der Waals surface area contributed by atoms with E-state index in [1.807, 2.05) is 0 Å². The van der Waals surface area contributed by atoms with E-state index in [0.717, 1.165) is 36.9 Å². The number of amides is 2. The minimum Gasteiger partial charge on any atom is -0.508 e. The van der Waals surface area contributed by atoms with Crippen molar-refractivity contribution in [3.8, 4) is 17.2 Å². The zero-order chi connectivity index (χ0) is 32.0. The molecule has 238 valence electrons. The maximum atomic E-state index is 12.3. The summed E-state index contributed by atoms with van der Waals surface area (Å²) in [4.78, 5) is 36.7. The van der Waals surface area contributed by atoms with E-state index < -0.39 is 17.9 Å². The molecule has 43 heavy (non-hydrogen) atoms. The Morgan fingerprint density at radius 2 is 1.67 bits per heavy atom. The number of carbonyl (C=O) groups excluding carboxylic acids is 3. The van der Waals surface area contributed by atoms with Crippen LogP contribution in [0.25, 0.3) is 0 Å². The highest BCUT2D eigenvalue weighted by Crippen LogP contribution is 2.28. The van der Waals surface area contributed by atoms with Crippen LogP contribution in [0.4, 0.5) is 0 Å². The topological polar surface area (TPSA) is 166 Å². The van der Waals surface area contributed by atoms with Gasteiger partial charge in [0, 0.05) is 13.0 Å². The first-order valence-corrected chi connectivity index (χ1v) is 14.9. The lowest BCUT2D eigenvalue weighted by Gasteiger charge is -2.14. The van der Waals surface area contributed by atoms with Crippen molar-refractivity contribution < 1.29 is 29.0 Å². The van der Waals surface area contributed by atoms with Crippen LogP contribution in [-0.2, 0) is 27.3 Å². The number of ether oxygens (including phenoxy) is 2. The predicted octanol–water partition coefficient (Wildman–Crippen LogP) is 4.13. The molecule has 0 radical (unpaired) electrons. The van der Waals surface area contributed by atoms with E-state index in [4.69, 9.17) is 20.9 Å². The first-order valence-electron chi connectivity index (χ1n) is 14.9. The third kappa shape index (κ3) is 17.0. The molecule has 0 aliphatic rings. The summed E-state index contributed by atoms with van der Waals surface area (Å²) in [7, 11) is 1.45. The normalized spacial score (nSPS) is 11.4. The number of hydrogen-bond acceptors (Lipinski definition) is 8. The summed E-state index contributed by atoms with van der Waals surface area (Å²) in [5.41, 5.74) is 12.6. The molecule has 10 nitrogen and oxygen atoms in total. The SMILES string of the molecule is CCCCN.COc1cc(CNC(=O)CCCC/C=C/C(C)C)ccc1OC(=O)CNC(=O)C(N)Cc1ccc(O)cc1. The number of allylic oxidation sites excluding steroid dienone is 2. The molecule has 7 N–H and O–H groups in total. The Hall–Kier alpha value is -3.89. The molecule has 0 heterocycles. The Morgan fingerprint density at radius 3 is 2.28 bits per heavy atom. The molecule has 2 aromatic rings. The number of unbranched alkanes of at least 4 members (excludes halogenated alkanes) is 3. The summed E-state index contributed by atoms with van der Waals surface area (Å²) in [5, 5.41) is 14.7. The highest BCUT2D eigenvalue weighted by molar-refractivity contribution is 5.86. The van der Waals surface area contributed by atoms with Crippen LogP contribution >= 0.6 is 0 Å². The van der Waals surface area contributed by atoms with Crippen LogP contribution in [0.1, 0.15) is 70.4 Å². The predicted molar refractivity (Wildman–Crippen MR) is 170 cm³/mol. The van der Waals surface area contributed by atoms with Crippen LogP contribution in [0.15, 0.2) is 54.6 Å². The van der Waals surface area contributed by atoms with Crippen molar-refractivity contribution in [2.45, 2.75) is 78.3 Å². The lowest BCUT2D eigenvalue weighted by Crippen LogP contribution is -2.44. The fourth-order valence-electron chi connectivity index (χ4n) is 3.74. The molecule has 2 rings (SSSR count). The van der Waals surface area contributed by atoms with Gasteiger partial charge in [0.2, 0.25) is 11.8 Å². The highest BCUT2D eigenvalue weighted by atomic mass is 16.6. The molecule has 0 aliphatic carbocycles. The molecule has 0 aromatic heterocycles. The second-order valence-corrected chi connectivity index (χ2v) is 10.5. The Kier molecular flexibility index (Phi) is 18.8. The second-order valence-electron chi connectivity index (χ2n) is 10.5. The van der Waals surface area contributed by atoms with Crippen LogP contribution in [0.2, 0.25) is 0 Å². The first kappa shape index (κ1) is 37.1. The third-order valence-corrected chi connectivity index (χ3v) is 6.18. The number of rotatable bonds is 17. The molecule has 0 aliphatic heterocycles. The Balaban J connectivity index is 0.00000170.